The second-order valence-electron chi connectivity index (χ2n) is 35.8. The minimum atomic E-state index is -0.134. The number of ether oxygens (including phenoxy) is 10. The lowest BCUT2D eigenvalue weighted by Crippen LogP contribution is -2.31. The summed E-state index contributed by atoms with van der Waals surface area (Å²) >= 11 is 0. The van der Waals surface area contributed by atoms with Gasteiger partial charge >= 0.3 is 0 Å². The number of fused-ring (bicyclic) bond motifs is 5. The predicted molar refractivity (Wildman–Crippen MR) is 563 cm³/mol. The number of nitrogens with zero attached hydrogens (tertiary/aromatic N) is 12. The molecule has 0 aliphatic carbocycles. The third kappa shape index (κ3) is 23.0. The second kappa shape index (κ2) is 46.0. The first-order chi connectivity index (χ1) is 69.4. The molecule has 0 spiro atoms. The highest BCUT2D eigenvalue weighted by Crippen LogP contribution is 2.40. The topological polar surface area (TPSA) is 305 Å². The molecule has 1 fully saturated rings. The van der Waals surface area contributed by atoms with Gasteiger partial charge in [-0.2, -0.15) is 0 Å². The van der Waals surface area contributed by atoms with Crippen LogP contribution in [0.15, 0.2) is 249 Å². The molecule has 15 heterocycles. The molecule has 5 aliphatic rings. The molecule has 20 rings (SSSR count). The largest absolute Gasteiger partial charge is 0.493 e. The molecule has 1 saturated heterocycles. The predicted octanol–water partition coefficient (Wildman–Crippen LogP) is 15.8. The number of pyridine rings is 6. The van der Waals surface area contributed by atoms with Gasteiger partial charge < -0.3 is 72.9 Å². The molecule has 30 heteroatoms. The monoisotopic (exact) mass is 1930 g/mol. The van der Waals surface area contributed by atoms with E-state index >= 15 is 0 Å². The zero-order chi connectivity index (χ0) is 101. The molecular formula is C113H122N14O16. The van der Waals surface area contributed by atoms with Crippen LogP contribution in [-0.4, -0.2) is 226 Å². The molecule has 740 valence electrons. The Morgan fingerprint density at radius 2 is 0.685 bits per heavy atom. The standard InChI is InChI=1S/C23H25N3O4.C23H25N3O3.C23H24N2O3.C22H25N3O3.C22H23N3O3/c1-29-20-5-3-17(13-21(20)30-2)19-14-23(28)26-15-18(4-6-22(26)24-19)16-7-9-25(10-8-16)11-12-27;1-15-11-18(16-7-9-25(2)10-8-16)14-26-22(27)13-19(24-23(15)26)17-5-6-20(28-3)21(12-17)29-4;1-24-10-8-16(9-11-24)18-4-6-20-12-19(14-23(26)25(20)15-18)17-5-7-21(27-2)22(13-17)28-3;2*1-14-10-17(15-6-8-23-9-7-15)13-25-21(26)12-18(24-22(14)25)16-4-5-19(27-2)20(11-16)28-3/h3-7,13-15,27H,8-12H2,1-2H3;5-7,11-14H,8-10H2,1-4H3;4-8,12-15H,9-11H2,1-3H3;4-5,10-13,15,23H,6-9H2,1-3H3;4-6,10-13,23H,7-9H2,1-3H3. The third-order valence-electron chi connectivity index (χ3n) is 26.6. The van der Waals surface area contributed by atoms with Crippen LogP contribution >= 0.6 is 0 Å². The van der Waals surface area contributed by atoms with Gasteiger partial charge in [0, 0.05) is 141 Å². The lowest BCUT2D eigenvalue weighted by molar-refractivity contribution is 0.208. The number of β-amino-alcohol motifs (C(OH)–C–C–N with tert-alkyl or cyclic N) is 1. The summed E-state index contributed by atoms with van der Waals surface area (Å²) < 4.78 is 61.6. The van der Waals surface area contributed by atoms with Gasteiger partial charge in [-0.25, -0.2) is 19.9 Å². The first kappa shape index (κ1) is 101. The molecule has 15 aromatic rings. The number of rotatable bonds is 22. The van der Waals surface area contributed by atoms with Gasteiger partial charge in [0.2, 0.25) is 0 Å². The zero-order valence-electron chi connectivity index (χ0n) is 83.6. The second-order valence-corrected chi connectivity index (χ2v) is 35.8. The molecule has 0 bridgehead atoms. The smallest absolute Gasteiger partial charge is 0.258 e. The van der Waals surface area contributed by atoms with Crippen molar-refractivity contribution in [2.24, 2.45) is 0 Å². The number of likely N-dealkylation sites (N-methyl/N-ethyl adjacent to an activating group) is 2. The van der Waals surface area contributed by atoms with Crippen LogP contribution < -0.4 is 85.8 Å². The van der Waals surface area contributed by atoms with E-state index in [1.165, 1.54) is 33.9 Å². The average Bonchev–Trinajstić information content (AvgIpc) is 0.785. The van der Waals surface area contributed by atoms with E-state index in [0.29, 0.717) is 115 Å². The van der Waals surface area contributed by atoms with E-state index in [4.69, 9.17) is 67.4 Å². The van der Waals surface area contributed by atoms with Crippen LogP contribution in [0.1, 0.15) is 89.0 Å². The van der Waals surface area contributed by atoms with Crippen molar-refractivity contribution in [1.29, 1.82) is 0 Å². The van der Waals surface area contributed by atoms with Crippen molar-refractivity contribution in [2.75, 3.05) is 164 Å². The van der Waals surface area contributed by atoms with Gasteiger partial charge in [0.05, 0.1) is 100 Å². The van der Waals surface area contributed by atoms with E-state index in [1.807, 2.05) is 161 Å². The van der Waals surface area contributed by atoms with Gasteiger partial charge in [-0.05, 0) is 298 Å². The molecule has 30 nitrogen and oxygen atoms in total. The molecule has 0 saturated carbocycles. The minimum absolute atomic E-state index is 0.0438. The molecular weight excluding hydrogens is 1810 g/mol. The summed E-state index contributed by atoms with van der Waals surface area (Å²) in [5.41, 5.74) is 24.0. The van der Waals surface area contributed by atoms with Gasteiger partial charge in [-0.15, -0.1) is 0 Å². The molecule has 10 aromatic heterocycles. The molecule has 5 aliphatic heterocycles. The van der Waals surface area contributed by atoms with E-state index in [-0.39, 0.29) is 34.4 Å². The average molecular weight is 1930 g/mol. The van der Waals surface area contributed by atoms with E-state index in [9.17, 15) is 24.0 Å². The Bertz CT molecular complexity index is 7720. The van der Waals surface area contributed by atoms with Crippen LogP contribution in [-0.2, 0) is 0 Å². The van der Waals surface area contributed by atoms with Crippen molar-refractivity contribution in [2.45, 2.75) is 65.2 Å². The summed E-state index contributed by atoms with van der Waals surface area (Å²) in [4.78, 5) is 90.1. The number of aryl methyl sites for hydroxylation is 3. The molecule has 0 amide bonds. The Hall–Kier alpha value is -15.3. The Morgan fingerprint density at radius 3 is 1.10 bits per heavy atom. The van der Waals surface area contributed by atoms with Crippen molar-refractivity contribution in [1.82, 2.24) is 67.3 Å². The van der Waals surface area contributed by atoms with Crippen LogP contribution in [0.25, 0.3) is 107 Å². The molecule has 0 atom stereocenters. The summed E-state index contributed by atoms with van der Waals surface area (Å²) in [7, 11) is 20.2. The maximum Gasteiger partial charge on any atom is 0.258 e. The van der Waals surface area contributed by atoms with Crippen molar-refractivity contribution >= 4 is 50.4 Å². The number of hydrogen-bond donors (Lipinski definition) is 3. The lowest BCUT2D eigenvalue weighted by Gasteiger charge is -2.25. The number of benzene rings is 5. The maximum atomic E-state index is 12.9. The Morgan fingerprint density at radius 1 is 0.322 bits per heavy atom. The summed E-state index contributed by atoms with van der Waals surface area (Å²) in [5, 5.41) is 15.8. The quantitative estimate of drug-likeness (QED) is 0.0568. The Kier molecular flexibility index (Phi) is 32.3. The van der Waals surface area contributed by atoms with Crippen molar-refractivity contribution in [3.05, 3.63) is 321 Å². The SMILES string of the molecule is COc1ccc(-c2cc(=O)n3cc(C4=CCN(C)CC4)cc(C)c3n2)cc1OC.COc1ccc(-c2cc(=O)n3cc(C4=CCN(C)CC4)ccc3c2)cc1OC.COc1ccc(-c2cc(=O)n3cc(C4=CCN(CCO)CC4)ccc3n2)cc1OC.COc1ccc(-c2cc(=O)n3cc(C4=CCNCC4)cc(C)c3n2)cc1OC.COc1ccc(-c2cc(=O)n3cc(C4CCNCC4)cc(C)c3n2)cc1OC. The molecule has 0 unspecified atom stereocenters. The third-order valence-corrected chi connectivity index (χ3v) is 26.6. The number of nitrogens with one attached hydrogen (secondary N) is 2. The minimum Gasteiger partial charge on any atom is -0.493 e. The maximum absolute atomic E-state index is 12.9. The highest BCUT2D eigenvalue weighted by molar-refractivity contribution is 5.78. The van der Waals surface area contributed by atoms with Crippen LogP contribution in [0, 0.1) is 20.8 Å². The normalized spacial score (nSPS) is 14.6. The molecule has 143 heavy (non-hydrogen) atoms. The number of hydrogen-bond acceptors (Lipinski definition) is 25. The first-order valence-corrected chi connectivity index (χ1v) is 47.8. The molecule has 0 radical (unpaired) electrons. The summed E-state index contributed by atoms with van der Waals surface area (Å²) in [6.45, 7) is 16.4. The van der Waals surface area contributed by atoms with E-state index < -0.39 is 0 Å². The van der Waals surface area contributed by atoms with Crippen LogP contribution in [0.3, 0.4) is 0 Å². The molecule has 5 aromatic carbocycles. The summed E-state index contributed by atoms with van der Waals surface area (Å²) in [6.07, 6.45) is 24.4. The van der Waals surface area contributed by atoms with Gasteiger partial charge in [0.1, 0.15) is 22.6 Å². The van der Waals surface area contributed by atoms with E-state index in [1.54, 1.807) is 123 Å². The van der Waals surface area contributed by atoms with Gasteiger partial charge in [-0.1, -0.05) is 42.5 Å². The van der Waals surface area contributed by atoms with E-state index in [0.717, 1.165) is 182 Å². The number of aliphatic hydroxyl groups excluding tert-OH is 1. The number of methoxy groups -OCH3 is 10. The van der Waals surface area contributed by atoms with Gasteiger partial charge in [0.15, 0.2) is 57.5 Å². The number of aromatic nitrogens is 9. The Labute approximate surface area is 829 Å². The highest BCUT2D eigenvalue weighted by atomic mass is 16.5. The fourth-order valence-corrected chi connectivity index (χ4v) is 18.6. The number of piperidine rings is 1. The van der Waals surface area contributed by atoms with Gasteiger partial charge in [-0.3, -0.25) is 50.9 Å². The van der Waals surface area contributed by atoms with Crippen molar-refractivity contribution in [3.8, 4) is 114 Å². The number of aliphatic hydroxyl groups is 1. The highest BCUT2D eigenvalue weighted by Gasteiger charge is 2.24. The summed E-state index contributed by atoms with van der Waals surface area (Å²) in [5.74, 6) is 6.76. The van der Waals surface area contributed by atoms with E-state index in [2.05, 4.69) is 93.0 Å². The van der Waals surface area contributed by atoms with Crippen molar-refractivity contribution in [3.63, 3.8) is 0 Å². The van der Waals surface area contributed by atoms with Crippen LogP contribution in [0.2, 0.25) is 0 Å². The summed E-state index contributed by atoms with van der Waals surface area (Å²) in [6, 6.07) is 52.1. The lowest BCUT2D eigenvalue weighted by atomic mass is 9.90. The van der Waals surface area contributed by atoms with Crippen LogP contribution in [0.4, 0.5) is 0 Å². The van der Waals surface area contributed by atoms with Crippen molar-refractivity contribution < 1.29 is 52.5 Å². The zero-order valence-corrected chi connectivity index (χ0v) is 83.6. The van der Waals surface area contributed by atoms with Gasteiger partial charge in [0.25, 0.3) is 27.8 Å². The van der Waals surface area contributed by atoms with Crippen LogP contribution in [0.5, 0.6) is 57.5 Å². The fourth-order valence-electron chi connectivity index (χ4n) is 18.6. The first-order valence-electron chi connectivity index (χ1n) is 47.8. The molecule has 3 N–H and O–H groups in total. The fraction of sp³-hybridized carbons (Fsp3) is 0.301. The Balaban J connectivity index is 0.000000128.